The molecule has 0 radical (unpaired) electrons. The van der Waals surface area contributed by atoms with Crippen molar-refractivity contribution in [3.05, 3.63) is 33.8 Å². The van der Waals surface area contributed by atoms with Crippen LogP contribution in [0.4, 0.5) is 0 Å². The Balaban J connectivity index is 3.17. The van der Waals surface area contributed by atoms with Crippen LogP contribution in [0, 0.1) is 6.92 Å². The molecule has 2 N–H and O–H groups in total. The van der Waals surface area contributed by atoms with Crippen molar-refractivity contribution in [1.82, 2.24) is 4.90 Å². The van der Waals surface area contributed by atoms with Crippen molar-refractivity contribution in [3.8, 4) is 0 Å². The molecule has 0 aliphatic carbocycles. The van der Waals surface area contributed by atoms with Gasteiger partial charge in [0.1, 0.15) is 0 Å². The summed E-state index contributed by atoms with van der Waals surface area (Å²) in [6, 6.07) is 3.54. The van der Waals surface area contributed by atoms with E-state index < -0.39 is 5.91 Å². The predicted octanol–water partition coefficient (Wildman–Crippen LogP) is 1.81. The number of carbonyl (C=O) groups excluding carboxylic acids is 1. The normalized spacial score (nSPS) is 10.7. The maximum atomic E-state index is 11.1. The first-order valence-corrected chi connectivity index (χ1v) is 5.03. The van der Waals surface area contributed by atoms with Gasteiger partial charge < -0.3 is 10.6 Å². The summed E-state index contributed by atoms with van der Waals surface area (Å²) >= 11 is 6.07. The second kappa shape index (κ2) is 4.64. The van der Waals surface area contributed by atoms with E-state index in [1.807, 2.05) is 25.9 Å². The van der Waals surface area contributed by atoms with Crippen molar-refractivity contribution in [1.29, 1.82) is 0 Å². The highest BCUT2D eigenvalue weighted by Crippen LogP contribution is 2.22. The molecule has 1 aromatic carbocycles. The number of halogens is 1. The van der Waals surface area contributed by atoms with E-state index in [4.69, 9.17) is 17.3 Å². The van der Waals surface area contributed by atoms with Crippen molar-refractivity contribution in [2.45, 2.75) is 13.5 Å². The minimum atomic E-state index is -0.413. The van der Waals surface area contributed by atoms with Gasteiger partial charge in [0.05, 0.1) is 0 Å². The zero-order valence-electron chi connectivity index (χ0n) is 9.17. The van der Waals surface area contributed by atoms with Crippen molar-refractivity contribution < 1.29 is 4.79 Å². The molecule has 3 nitrogen and oxygen atoms in total. The van der Waals surface area contributed by atoms with Gasteiger partial charge in [0, 0.05) is 17.1 Å². The number of aryl methyl sites for hydroxylation is 1. The molecule has 0 aliphatic rings. The molecule has 0 heterocycles. The first-order chi connectivity index (χ1) is 6.91. The van der Waals surface area contributed by atoms with Gasteiger partial charge in [0.15, 0.2) is 0 Å². The molecule has 82 valence electrons. The van der Waals surface area contributed by atoms with Gasteiger partial charge in [-0.25, -0.2) is 0 Å². The second-order valence-electron chi connectivity index (χ2n) is 3.86. The van der Waals surface area contributed by atoms with Gasteiger partial charge in [-0.3, -0.25) is 4.79 Å². The number of rotatable bonds is 3. The van der Waals surface area contributed by atoms with Crippen molar-refractivity contribution >= 4 is 17.5 Å². The van der Waals surface area contributed by atoms with Crippen molar-refractivity contribution in [2.75, 3.05) is 14.1 Å². The Bertz CT molecular complexity index is 388. The van der Waals surface area contributed by atoms with E-state index in [1.165, 1.54) is 0 Å². The Morgan fingerprint density at radius 2 is 2.07 bits per heavy atom. The molecule has 0 bridgehead atoms. The van der Waals surface area contributed by atoms with Crippen LogP contribution in [0.2, 0.25) is 5.02 Å². The molecule has 1 aromatic rings. The Labute approximate surface area is 94.8 Å². The molecule has 15 heavy (non-hydrogen) atoms. The summed E-state index contributed by atoms with van der Waals surface area (Å²) in [6.45, 7) is 2.52. The maximum absolute atomic E-state index is 11.1. The lowest BCUT2D eigenvalue weighted by atomic mass is 10.0. The standard InChI is InChI=1S/C11H15ClN2O/c1-7-4-10(12)8(6-14(2)3)5-9(7)11(13)15/h4-5H,6H2,1-3H3,(H2,13,15). The maximum Gasteiger partial charge on any atom is 0.248 e. The summed E-state index contributed by atoms with van der Waals surface area (Å²) in [5.41, 5.74) is 7.54. The molecule has 0 saturated heterocycles. The van der Waals surface area contributed by atoms with Crippen LogP contribution in [0.15, 0.2) is 12.1 Å². The molecule has 0 aliphatic heterocycles. The molecule has 1 amide bonds. The highest BCUT2D eigenvalue weighted by molar-refractivity contribution is 6.31. The molecule has 0 spiro atoms. The van der Waals surface area contributed by atoms with E-state index in [9.17, 15) is 4.79 Å². The van der Waals surface area contributed by atoms with E-state index in [2.05, 4.69) is 0 Å². The van der Waals surface area contributed by atoms with Crippen LogP contribution in [-0.4, -0.2) is 24.9 Å². The SMILES string of the molecule is Cc1cc(Cl)c(CN(C)C)cc1C(N)=O. The summed E-state index contributed by atoms with van der Waals surface area (Å²) in [4.78, 5) is 13.1. The van der Waals surface area contributed by atoms with Gasteiger partial charge in [-0.05, 0) is 44.3 Å². The Morgan fingerprint density at radius 1 is 1.47 bits per heavy atom. The molecule has 1 rings (SSSR count). The third kappa shape index (κ3) is 2.94. The predicted molar refractivity (Wildman–Crippen MR) is 62.1 cm³/mol. The van der Waals surface area contributed by atoms with E-state index in [0.717, 1.165) is 11.1 Å². The fraction of sp³-hybridized carbons (Fsp3) is 0.364. The summed E-state index contributed by atoms with van der Waals surface area (Å²) in [5.74, 6) is -0.413. The molecule has 0 aromatic heterocycles. The first-order valence-electron chi connectivity index (χ1n) is 4.65. The van der Waals surface area contributed by atoms with E-state index in [-0.39, 0.29) is 0 Å². The van der Waals surface area contributed by atoms with Crippen LogP contribution >= 0.6 is 11.6 Å². The van der Waals surface area contributed by atoms with Crippen molar-refractivity contribution in [3.63, 3.8) is 0 Å². The Hall–Kier alpha value is -1.06. The summed E-state index contributed by atoms with van der Waals surface area (Å²) in [5, 5.41) is 0.672. The lowest BCUT2D eigenvalue weighted by Gasteiger charge is -2.13. The average molecular weight is 227 g/mol. The molecular weight excluding hydrogens is 212 g/mol. The molecule has 4 heteroatoms. The number of nitrogens with two attached hydrogens (primary N) is 1. The molecular formula is C11H15ClN2O. The summed E-state index contributed by atoms with van der Waals surface area (Å²) in [7, 11) is 3.89. The molecule has 0 atom stereocenters. The third-order valence-electron chi connectivity index (χ3n) is 2.15. The molecule has 0 saturated carbocycles. The Kier molecular flexibility index (Phi) is 3.72. The van der Waals surface area contributed by atoms with E-state index in [0.29, 0.717) is 17.1 Å². The number of hydrogen-bond acceptors (Lipinski definition) is 2. The minimum Gasteiger partial charge on any atom is -0.366 e. The second-order valence-corrected chi connectivity index (χ2v) is 4.27. The monoisotopic (exact) mass is 226 g/mol. The van der Waals surface area contributed by atoms with Gasteiger partial charge in [-0.1, -0.05) is 11.6 Å². The highest BCUT2D eigenvalue weighted by atomic mass is 35.5. The zero-order chi connectivity index (χ0) is 11.6. The molecule has 0 fully saturated rings. The first kappa shape index (κ1) is 12.0. The minimum absolute atomic E-state index is 0.413. The van der Waals surface area contributed by atoms with Crippen LogP contribution in [0.3, 0.4) is 0 Å². The number of amides is 1. The van der Waals surface area contributed by atoms with Gasteiger partial charge in [0.25, 0.3) is 0 Å². The zero-order valence-corrected chi connectivity index (χ0v) is 9.93. The molecule has 0 unspecified atom stereocenters. The summed E-state index contributed by atoms with van der Waals surface area (Å²) < 4.78 is 0. The average Bonchev–Trinajstić information content (AvgIpc) is 2.08. The van der Waals surface area contributed by atoms with Gasteiger partial charge in [-0.15, -0.1) is 0 Å². The smallest absolute Gasteiger partial charge is 0.248 e. The van der Waals surface area contributed by atoms with Gasteiger partial charge in [-0.2, -0.15) is 0 Å². The van der Waals surface area contributed by atoms with Crippen LogP contribution in [0.25, 0.3) is 0 Å². The highest BCUT2D eigenvalue weighted by Gasteiger charge is 2.10. The largest absolute Gasteiger partial charge is 0.366 e. The van der Waals surface area contributed by atoms with E-state index >= 15 is 0 Å². The van der Waals surface area contributed by atoms with Gasteiger partial charge in [0.2, 0.25) is 5.91 Å². The number of carbonyl (C=O) groups is 1. The van der Waals surface area contributed by atoms with Crippen LogP contribution in [-0.2, 0) is 6.54 Å². The fourth-order valence-electron chi connectivity index (χ4n) is 1.44. The number of hydrogen-bond donors (Lipinski definition) is 1. The lowest BCUT2D eigenvalue weighted by molar-refractivity contribution is 0.0999. The van der Waals surface area contributed by atoms with Crippen LogP contribution in [0.1, 0.15) is 21.5 Å². The van der Waals surface area contributed by atoms with Gasteiger partial charge >= 0.3 is 0 Å². The van der Waals surface area contributed by atoms with Crippen molar-refractivity contribution in [2.24, 2.45) is 5.73 Å². The fourth-order valence-corrected chi connectivity index (χ4v) is 1.72. The van der Waals surface area contributed by atoms with E-state index in [1.54, 1.807) is 12.1 Å². The number of primary amides is 1. The topological polar surface area (TPSA) is 46.3 Å². The van der Waals surface area contributed by atoms with Crippen LogP contribution < -0.4 is 5.73 Å². The quantitative estimate of drug-likeness (QED) is 0.855. The third-order valence-corrected chi connectivity index (χ3v) is 2.50. The number of benzene rings is 1. The van der Waals surface area contributed by atoms with Crippen LogP contribution in [0.5, 0.6) is 0 Å². The Morgan fingerprint density at radius 3 is 2.53 bits per heavy atom. The lowest BCUT2D eigenvalue weighted by Crippen LogP contribution is -2.15. The number of nitrogens with zero attached hydrogens (tertiary/aromatic N) is 1. The summed E-state index contributed by atoms with van der Waals surface area (Å²) in [6.07, 6.45) is 0.